The van der Waals surface area contributed by atoms with Crippen LogP contribution in [-0.4, -0.2) is 24.1 Å². The van der Waals surface area contributed by atoms with Gasteiger partial charge in [0.1, 0.15) is 5.82 Å². The van der Waals surface area contributed by atoms with Gasteiger partial charge >= 0.3 is 0 Å². The second-order valence-corrected chi connectivity index (χ2v) is 6.85. The molecule has 0 atom stereocenters. The second-order valence-electron chi connectivity index (χ2n) is 4.66. The second kappa shape index (κ2) is 3.01. The molecule has 0 unspecified atom stereocenters. The number of rotatable bonds is 1. The molecule has 1 aliphatic carbocycles. The zero-order valence-electron chi connectivity index (χ0n) is 8.81. The van der Waals surface area contributed by atoms with Crippen LogP contribution in [0.3, 0.4) is 0 Å². The monoisotopic (exact) mass is 239 g/mol. The number of aromatic nitrogens is 2. The van der Waals surface area contributed by atoms with Crippen molar-refractivity contribution in [3.8, 4) is 0 Å². The molecule has 0 aromatic carbocycles. The predicted molar refractivity (Wildman–Crippen MR) is 58.3 cm³/mol. The molecule has 6 heteroatoms. The van der Waals surface area contributed by atoms with Gasteiger partial charge in [-0.2, -0.15) is 0 Å². The average molecular weight is 239 g/mol. The molecule has 0 spiro atoms. The highest BCUT2D eigenvalue weighted by molar-refractivity contribution is 7.90. The third kappa shape index (κ3) is 1.62. The van der Waals surface area contributed by atoms with Crippen molar-refractivity contribution in [2.75, 3.05) is 5.75 Å². The van der Waals surface area contributed by atoms with Crippen molar-refractivity contribution in [2.24, 2.45) is 5.73 Å². The molecule has 1 aromatic heterocycles. The summed E-state index contributed by atoms with van der Waals surface area (Å²) in [5.74, 6) is 0.930. The van der Waals surface area contributed by atoms with Crippen LogP contribution in [0, 0.1) is 0 Å². The number of aryl methyl sites for hydroxylation is 1. The van der Waals surface area contributed by atoms with Gasteiger partial charge in [-0.1, -0.05) is 0 Å². The van der Waals surface area contributed by atoms with Gasteiger partial charge in [0.2, 0.25) is 0 Å². The molecule has 16 heavy (non-hydrogen) atoms. The van der Waals surface area contributed by atoms with E-state index in [4.69, 9.17) is 5.73 Å². The van der Waals surface area contributed by atoms with E-state index in [9.17, 15) is 8.42 Å². The van der Waals surface area contributed by atoms with Crippen LogP contribution in [-0.2, 0) is 27.5 Å². The molecular formula is C10H13N3O2S. The Morgan fingerprint density at radius 2 is 2.12 bits per heavy atom. The van der Waals surface area contributed by atoms with Crippen molar-refractivity contribution in [2.45, 2.75) is 30.6 Å². The molecular weight excluding hydrogens is 226 g/mol. The fraction of sp³-hybridized carbons (Fsp3) is 0.600. The highest BCUT2D eigenvalue weighted by Gasteiger charge is 2.43. The third-order valence-electron chi connectivity index (χ3n) is 3.21. The van der Waals surface area contributed by atoms with Crippen molar-refractivity contribution in [3.63, 3.8) is 0 Å². The largest absolute Gasteiger partial charge is 0.319 e. The van der Waals surface area contributed by atoms with Gasteiger partial charge in [-0.15, -0.1) is 0 Å². The summed E-state index contributed by atoms with van der Waals surface area (Å²) in [5, 5.41) is 0. The van der Waals surface area contributed by atoms with Crippen LogP contribution in [0.15, 0.2) is 6.20 Å². The fourth-order valence-electron chi connectivity index (χ4n) is 1.94. The molecule has 0 saturated heterocycles. The summed E-state index contributed by atoms with van der Waals surface area (Å²) in [6.07, 6.45) is 3.96. The molecule has 5 nitrogen and oxygen atoms in total. The van der Waals surface area contributed by atoms with E-state index in [1.165, 1.54) is 0 Å². The summed E-state index contributed by atoms with van der Waals surface area (Å²) in [5.41, 5.74) is 7.26. The Bertz CT molecular complexity index is 549. The van der Waals surface area contributed by atoms with Crippen LogP contribution in [0.1, 0.15) is 29.9 Å². The molecule has 2 aliphatic rings. The Balaban J connectivity index is 2.01. The summed E-state index contributed by atoms with van der Waals surface area (Å²) in [6.45, 7) is 0. The molecule has 0 amide bonds. The van der Waals surface area contributed by atoms with Gasteiger partial charge in [-0.05, 0) is 12.8 Å². The summed E-state index contributed by atoms with van der Waals surface area (Å²) >= 11 is 0. The Morgan fingerprint density at radius 1 is 1.38 bits per heavy atom. The minimum Gasteiger partial charge on any atom is -0.319 e. The molecule has 86 valence electrons. The van der Waals surface area contributed by atoms with Gasteiger partial charge in [0.05, 0.1) is 17.0 Å². The maximum absolute atomic E-state index is 11.4. The lowest BCUT2D eigenvalue weighted by Gasteiger charge is -2.17. The molecule has 3 rings (SSSR count). The minimum absolute atomic E-state index is 0.0696. The first-order valence-corrected chi connectivity index (χ1v) is 7.15. The smallest absolute Gasteiger partial charge is 0.154 e. The summed E-state index contributed by atoms with van der Waals surface area (Å²) < 4.78 is 22.9. The molecule has 1 aliphatic heterocycles. The Morgan fingerprint density at radius 3 is 2.81 bits per heavy atom. The van der Waals surface area contributed by atoms with Gasteiger partial charge in [0.25, 0.3) is 0 Å². The van der Waals surface area contributed by atoms with Crippen molar-refractivity contribution < 1.29 is 8.42 Å². The van der Waals surface area contributed by atoms with Gasteiger partial charge in [0, 0.05) is 23.9 Å². The maximum Gasteiger partial charge on any atom is 0.154 e. The number of hydrogen-bond acceptors (Lipinski definition) is 5. The molecule has 1 aromatic rings. The van der Waals surface area contributed by atoms with Crippen LogP contribution in [0.25, 0.3) is 0 Å². The summed E-state index contributed by atoms with van der Waals surface area (Å²) in [6, 6.07) is 0. The van der Waals surface area contributed by atoms with Crippen LogP contribution >= 0.6 is 0 Å². The lowest BCUT2D eigenvalue weighted by Crippen LogP contribution is -2.26. The minimum atomic E-state index is -2.94. The van der Waals surface area contributed by atoms with Crippen molar-refractivity contribution in [3.05, 3.63) is 23.3 Å². The van der Waals surface area contributed by atoms with E-state index >= 15 is 0 Å². The SMILES string of the molecule is NC1(c2ncc3c(n2)CCS(=O)(=O)C3)CC1. The number of hydrogen-bond donors (Lipinski definition) is 1. The standard InChI is InChI=1S/C10H13N3O2S/c11-10(2-3-10)9-12-5-7-6-16(14,15)4-1-8(7)13-9/h5H,1-4,6,11H2. The first-order valence-electron chi connectivity index (χ1n) is 5.33. The summed E-state index contributed by atoms with van der Waals surface area (Å²) in [7, 11) is -2.94. The number of nitrogens with two attached hydrogens (primary N) is 1. The van der Waals surface area contributed by atoms with Gasteiger partial charge < -0.3 is 5.73 Å². The molecule has 0 bridgehead atoms. The molecule has 0 radical (unpaired) electrons. The molecule has 1 fully saturated rings. The quantitative estimate of drug-likeness (QED) is 0.739. The maximum atomic E-state index is 11.4. The zero-order chi connectivity index (χ0) is 11.4. The fourth-order valence-corrected chi connectivity index (χ4v) is 3.30. The third-order valence-corrected chi connectivity index (χ3v) is 4.79. The van der Waals surface area contributed by atoms with E-state index in [0.29, 0.717) is 12.2 Å². The molecule has 1 saturated carbocycles. The lowest BCUT2D eigenvalue weighted by atomic mass is 10.2. The Kier molecular flexibility index (Phi) is 1.91. The number of sulfone groups is 1. The van der Waals surface area contributed by atoms with Gasteiger partial charge in [0.15, 0.2) is 9.84 Å². The van der Waals surface area contributed by atoms with Crippen molar-refractivity contribution in [1.82, 2.24) is 9.97 Å². The van der Waals surface area contributed by atoms with Crippen LogP contribution in [0.5, 0.6) is 0 Å². The van der Waals surface area contributed by atoms with Crippen LogP contribution in [0.2, 0.25) is 0 Å². The van der Waals surface area contributed by atoms with Crippen molar-refractivity contribution >= 4 is 9.84 Å². The van der Waals surface area contributed by atoms with Crippen molar-refractivity contribution in [1.29, 1.82) is 0 Å². The Labute approximate surface area is 94.0 Å². The first kappa shape index (κ1) is 10.2. The zero-order valence-corrected chi connectivity index (χ0v) is 9.63. The van der Waals surface area contributed by atoms with E-state index in [-0.39, 0.29) is 17.0 Å². The molecule has 2 heterocycles. The summed E-state index contributed by atoms with van der Waals surface area (Å²) in [4.78, 5) is 8.60. The molecule has 2 N–H and O–H groups in total. The van der Waals surface area contributed by atoms with E-state index in [1.807, 2.05) is 0 Å². The number of fused-ring (bicyclic) bond motifs is 1. The van der Waals surface area contributed by atoms with Crippen LogP contribution < -0.4 is 5.73 Å². The highest BCUT2D eigenvalue weighted by atomic mass is 32.2. The van der Waals surface area contributed by atoms with E-state index in [1.54, 1.807) is 6.20 Å². The van der Waals surface area contributed by atoms with E-state index < -0.39 is 9.84 Å². The first-order chi connectivity index (χ1) is 7.49. The number of nitrogens with zero attached hydrogens (tertiary/aromatic N) is 2. The Hall–Kier alpha value is -1.01. The normalized spacial score (nSPS) is 24.8. The van der Waals surface area contributed by atoms with Crippen LogP contribution in [0.4, 0.5) is 0 Å². The van der Waals surface area contributed by atoms with E-state index in [2.05, 4.69) is 9.97 Å². The van der Waals surface area contributed by atoms with E-state index in [0.717, 1.165) is 24.1 Å². The predicted octanol–water partition coefficient (Wildman–Crippen LogP) is -0.105. The van der Waals surface area contributed by atoms with Gasteiger partial charge in [-0.3, -0.25) is 0 Å². The topological polar surface area (TPSA) is 85.9 Å². The van der Waals surface area contributed by atoms with Gasteiger partial charge in [-0.25, -0.2) is 18.4 Å². The average Bonchev–Trinajstić information content (AvgIpc) is 2.96. The lowest BCUT2D eigenvalue weighted by molar-refractivity contribution is 0.588. The highest BCUT2D eigenvalue weighted by Crippen LogP contribution is 2.40.